The van der Waals surface area contributed by atoms with Crippen LogP contribution in [-0.2, 0) is 61.4 Å². The number of esters is 2. The van der Waals surface area contributed by atoms with E-state index in [2.05, 4.69) is 15.6 Å². The first-order chi connectivity index (χ1) is 31.4. The Kier molecular flexibility index (Phi) is 13.9. The van der Waals surface area contributed by atoms with Gasteiger partial charge in [-0.2, -0.15) is 0 Å². The lowest BCUT2D eigenvalue weighted by molar-refractivity contribution is -0.150. The summed E-state index contributed by atoms with van der Waals surface area (Å²) in [6.07, 6.45) is 1.07. The van der Waals surface area contributed by atoms with E-state index in [9.17, 15) is 19.2 Å². The number of H-pyrrole nitrogens is 1. The van der Waals surface area contributed by atoms with Crippen molar-refractivity contribution in [3.63, 3.8) is 0 Å². The maximum atomic E-state index is 13.2. The molecule has 2 aliphatic heterocycles. The van der Waals surface area contributed by atoms with Crippen LogP contribution in [0.5, 0.6) is 0 Å². The SMILES string of the molecule is O=C(N[C@@H](Cc1c[nH]c2ccccc12)C(=O)OCc1ccccc1)OCc1ccccc1.O=C(OCc1ccccc1)[C@@H]1CC2c3ccccc3NC2N1C(=O)OCc1ccccc1. The molecule has 0 radical (unpaired) electrons. The first kappa shape index (κ1) is 42.8. The maximum Gasteiger partial charge on any atom is 0.412 e. The Morgan fingerprint density at radius 3 is 1.73 bits per heavy atom. The Balaban J connectivity index is 0.000000175. The van der Waals surface area contributed by atoms with Crippen LogP contribution in [0, 0.1) is 0 Å². The number of carbonyl (C=O) groups excluding carboxylic acids is 4. The monoisotopic (exact) mass is 856 g/mol. The third kappa shape index (κ3) is 10.8. The van der Waals surface area contributed by atoms with Gasteiger partial charge in [0.2, 0.25) is 0 Å². The zero-order valence-corrected chi connectivity index (χ0v) is 35.0. The van der Waals surface area contributed by atoms with Crippen molar-refractivity contribution >= 4 is 40.7 Å². The highest BCUT2D eigenvalue weighted by atomic mass is 16.6. The van der Waals surface area contributed by atoms with Gasteiger partial charge in [0.25, 0.3) is 0 Å². The van der Waals surface area contributed by atoms with Crippen molar-refractivity contribution < 1.29 is 38.1 Å². The van der Waals surface area contributed by atoms with Crippen LogP contribution in [0.15, 0.2) is 176 Å². The van der Waals surface area contributed by atoms with Crippen LogP contribution < -0.4 is 10.6 Å². The number of alkyl carbamates (subject to hydrolysis) is 1. The first-order valence-electron chi connectivity index (χ1n) is 21.2. The fourth-order valence-electron chi connectivity index (χ4n) is 7.97. The average molecular weight is 857 g/mol. The molecular weight excluding hydrogens is 809 g/mol. The number of benzene rings is 6. The Morgan fingerprint density at radius 1 is 0.594 bits per heavy atom. The molecule has 6 aromatic carbocycles. The zero-order chi connectivity index (χ0) is 44.1. The van der Waals surface area contributed by atoms with Crippen molar-refractivity contribution in [3.05, 3.63) is 209 Å². The summed E-state index contributed by atoms with van der Waals surface area (Å²) in [4.78, 5) is 56.3. The van der Waals surface area contributed by atoms with E-state index in [4.69, 9.17) is 18.9 Å². The molecule has 3 heterocycles. The van der Waals surface area contributed by atoms with Crippen LogP contribution in [-0.4, -0.2) is 52.3 Å². The Bertz CT molecular complexity index is 2640. The third-order valence-electron chi connectivity index (χ3n) is 11.2. The molecular formula is C52H48N4O8. The van der Waals surface area contributed by atoms with Crippen molar-refractivity contribution in [2.45, 2.75) is 63.4 Å². The number of nitrogens with zero attached hydrogens (tertiary/aromatic N) is 1. The van der Waals surface area contributed by atoms with Crippen molar-refractivity contribution in [3.8, 4) is 0 Å². The fraction of sp³-hybridized carbons (Fsp3) is 0.192. The van der Waals surface area contributed by atoms with Crippen LogP contribution >= 0.6 is 0 Å². The first-order valence-corrected chi connectivity index (χ1v) is 21.2. The molecule has 0 saturated carbocycles. The van der Waals surface area contributed by atoms with Gasteiger partial charge in [-0.1, -0.05) is 158 Å². The lowest BCUT2D eigenvalue weighted by Crippen LogP contribution is -2.48. The van der Waals surface area contributed by atoms with E-state index in [0.29, 0.717) is 6.42 Å². The molecule has 2 amide bonds. The zero-order valence-electron chi connectivity index (χ0n) is 35.0. The van der Waals surface area contributed by atoms with Gasteiger partial charge in [-0.15, -0.1) is 0 Å². The van der Waals surface area contributed by atoms with Crippen LogP contribution in [0.1, 0.15) is 45.7 Å². The Hall–Kier alpha value is -7.86. The number of aromatic nitrogens is 1. The number of anilines is 1. The minimum Gasteiger partial charge on any atom is -0.459 e. The molecule has 1 saturated heterocycles. The van der Waals surface area contributed by atoms with Gasteiger partial charge in [-0.3, -0.25) is 4.90 Å². The van der Waals surface area contributed by atoms with E-state index in [0.717, 1.165) is 50.0 Å². The van der Waals surface area contributed by atoms with Crippen LogP contribution in [0.4, 0.5) is 15.3 Å². The van der Waals surface area contributed by atoms with Gasteiger partial charge in [0.15, 0.2) is 0 Å². The van der Waals surface area contributed by atoms with E-state index in [-0.39, 0.29) is 44.9 Å². The van der Waals surface area contributed by atoms with E-state index in [1.807, 2.05) is 176 Å². The number of fused-ring (bicyclic) bond motifs is 4. The minimum atomic E-state index is -0.888. The standard InChI is InChI=1S/2C26H24N2O4/c29-25(31-16-18-9-3-1-4-10-18)23-15-21-20-13-7-8-14-22(20)27-24(21)28(23)26(30)32-17-19-11-5-2-6-12-19;29-25(31-17-19-9-3-1-4-10-19)24(15-21-16-27-23-14-8-7-13-22(21)23)28-26(30)32-18-20-11-5-2-6-12-20/h1-14,21,23-24,27H,15-17H2;1-14,16,24,27H,15,17-18H2,(H,28,30)/t21?,23-,24?;24-/m00/s1. The summed E-state index contributed by atoms with van der Waals surface area (Å²) < 4.78 is 22.0. The Labute approximate surface area is 371 Å². The summed E-state index contributed by atoms with van der Waals surface area (Å²) in [5.74, 6) is -0.931. The minimum absolute atomic E-state index is 0.00440. The summed E-state index contributed by atoms with van der Waals surface area (Å²) in [6.45, 7) is 0.561. The molecule has 324 valence electrons. The number of carbonyl (C=O) groups is 4. The number of likely N-dealkylation sites (tertiary alicyclic amines) is 1. The van der Waals surface area contributed by atoms with Gasteiger partial charge in [-0.25, -0.2) is 19.2 Å². The van der Waals surface area contributed by atoms with E-state index in [1.165, 1.54) is 4.90 Å². The number of hydrogen-bond donors (Lipinski definition) is 3. The van der Waals surface area contributed by atoms with Crippen molar-refractivity contribution in [1.82, 2.24) is 15.2 Å². The summed E-state index contributed by atoms with van der Waals surface area (Å²) in [7, 11) is 0. The topological polar surface area (TPSA) is 148 Å². The number of para-hydroxylation sites is 2. The maximum absolute atomic E-state index is 13.2. The number of ether oxygens (including phenoxy) is 4. The molecule has 4 atom stereocenters. The van der Waals surface area contributed by atoms with Gasteiger partial charge in [0, 0.05) is 35.1 Å². The van der Waals surface area contributed by atoms with E-state index < -0.39 is 36.2 Å². The molecule has 2 aliphatic rings. The van der Waals surface area contributed by atoms with Gasteiger partial charge in [0.05, 0.1) is 0 Å². The number of rotatable bonds is 13. The predicted molar refractivity (Wildman–Crippen MR) is 241 cm³/mol. The molecule has 1 fully saturated rings. The van der Waals surface area contributed by atoms with Crippen molar-refractivity contribution in [1.29, 1.82) is 0 Å². The fourth-order valence-corrected chi connectivity index (χ4v) is 7.97. The summed E-state index contributed by atoms with van der Waals surface area (Å²) in [5.41, 5.74) is 7.50. The highest BCUT2D eigenvalue weighted by Crippen LogP contribution is 2.46. The van der Waals surface area contributed by atoms with E-state index in [1.54, 1.807) is 0 Å². The molecule has 3 N–H and O–H groups in total. The van der Waals surface area contributed by atoms with Gasteiger partial charge >= 0.3 is 24.1 Å². The summed E-state index contributed by atoms with van der Waals surface area (Å²) >= 11 is 0. The third-order valence-corrected chi connectivity index (χ3v) is 11.2. The molecule has 0 aliphatic carbocycles. The molecule has 12 nitrogen and oxygen atoms in total. The number of nitrogens with one attached hydrogen (secondary N) is 3. The van der Waals surface area contributed by atoms with Gasteiger partial charge < -0.3 is 34.6 Å². The predicted octanol–water partition coefficient (Wildman–Crippen LogP) is 9.43. The second-order valence-electron chi connectivity index (χ2n) is 15.5. The second-order valence-corrected chi connectivity index (χ2v) is 15.5. The number of hydrogen-bond acceptors (Lipinski definition) is 9. The molecule has 7 aromatic rings. The van der Waals surface area contributed by atoms with Gasteiger partial charge in [0.1, 0.15) is 44.7 Å². The lowest BCUT2D eigenvalue weighted by atomic mass is 9.96. The van der Waals surface area contributed by atoms with Crippen LogP contribution in [0.2, 0.25) is 0 Å². The van der Waals surface area contributed by atoms with E-state index >= 15 is 0 Å². The van der Waals surface area contributed by atoms with Crippen molar-refractivity contribution in [2.75, 3.05) is 5.32 Å². The normalized spacial score (nSPS) is 16.2. The number of amides is 2. The Morgan fingerprint density at radius 2 is 1.11 bits per heavy atom. The molecule has 1 aromatic heterocycles. The summed E-state index contributed by atoms with van der Waals surface area (Å²) in [6, 6.07) is 52.0. The van der Waals surface area contributed by atoms with Crippen molar-refractivity contribution in [2.24, 2.45) is 0 Å². The summed E-state index contributed by atoms with van der Waals surface area (Å²) in [5, 5.41) is 7.07. The number of aromatic amines is 1. The second kappa shape index (κ2) is 20.8. The van der Waals surface area contributed by atoms with Crippen LogP contribution in [0.25, 0.3) is 10.9 Å². The molecule has 2 unspecified atom stereocenters. The lowest BCUT2D eigenvalue weighted by Gasteiger charge is -2.28. The smallest absolute Gasteiger partial charge is 0.412 e. The largest absolute Gasteiger partial charge is 0.459 e. The molecule has 64 heavy (non-hydrogen) atoms. The van der Waals surface area contributed by atoms with Gasteiger partial charge in [-0.05, 0) is 51.9 Å². The highest BCUT2D eigenvalue weighted by Gasteiger charge is 2.52. The average Bonchev–Trinajstić information content (AvgIpc) is 4.04. The van der Waals surface area contributed by atoms with Crippen LogP contribution in [0.3, 0.4) is 0 Å². The molecule has 0 bridgehead atoms. The molecule has 9 rings (SSSR count). The molecule has 12 heteroatoms. The molecule has 0 spiro atoms. The quantitative estimate of drug-likeness (QED) is 0.0762. The highest BCUT2D eigenvalue weighted by molar-refractivity contribution is 5.86.